The second-order valence-corrected chi connectivity index (χ2v) is 7.08. The average molecular weight is 400 g/mol. The Morgan fingerprint density at radius 1 is 1.42 bits per heavy atom. The number of carbonyl (C=O) groups is 1. The molecule has 1 aromatic rings. The van der Waals surface area contributed by atoms with E-state index in [1.54, 1.807) is 32.0 Å². The molecule has 0 spiro atoms. The molecular formula is C19H23Cl2NO4. The molecule has 0 aromatic heterocycles. The molecule has 1 heterocycles. The van der Waals surface area contributed by atoms with Crippen LogP contribution in [0.5, 0.6) is 0 Å². The normalized spacial score (nSPS) is 20.7. The molecule has 0 N–H and O–H groups in total. The third-order valence-electron chi connectivity index (χ3n) is 4.55. The van der Waals surface area contributed by atoms with Gasteiger partial charge in [0.2, 0.25) is 0 Å². The number of hydrogen-bond acceptors (Lipinski definition) is 5. The van der Waals surface area contributed by atoms with E-state index >= 15 is 0 Å². The molecule has 0 amide bonds. The molecule has 7 heteroatoms. The third kappa shape index (κ3) is 4.89. The van der Waals surface area contributed by atoms with E-state index in [1.165, 1.54) is 0 Å². The van der Waals surface area contributed by atoms with Crippen LogP contribution in [0.2, 0.25) is 10.0 Å². The minimum atomic E-state index is -1.26. The zero-order chi connectivity index (χ0) is 19.2. The molecule has 2 rings (SSSR count). The Hall–Kier alpha value is -1.32. The predicted molar refractivity (Wildman–Crippen MR) is 99.1 cm³/mol. The summed E-state index contributed by atoms with van der Waals surface area (Å²) in [5, 5.41) is 10.7. The topological polar surface area (TPSA) is 68.6 Å². The summed E-state index contributed by atoms with van der Waals surface area (Å²) >= 11 is 12.2. The monoisotopic (exact) mass is 399 g/mol. The van der Waals surface area contributed by atoms with Crippen LogP contribution in [0.4, 0.5) is 0 Å². The summed E-state index contributed by atoms with van der Waals surface area (Å²) in [4.78, 5) is 12.2. The van der Waals surface area contributed by atoms with E-state index in [4.69, 9.17) is 37.4 Å². The molecule has 3 unspecified atom stereocenters. The first-order chi connectivity index (χ1) is 12.4. The number of rotatable bonds is 7. The SMILES string of the molecule is CCOC(=O)CC(C#N)(c1ccc(Cl)c(Cl)c1)C(C)OC1CCCCO1. The van der Waals surface area contributed by atoms with Crippen molar-refractivity contribution < 1.29 is 19.0 Å². The van der Waals surface area contributed by atoms with Crippen LogP contribution >= 0.6 is 23.2 Å². The van der Waals surface area contributed by atoms with E-state index < -0.39 is 23.8 Å². The van der Waals surface area contributed by atoms with E-state index in [-0.39, 0.29) is 13.0 Å². The molecule has 3 atom stereocenters. The van der Waals surface area contributed by atoms with Gasteiger partial charge in [-0.05, 0) is 50.8 Å². The summed E-state index contributed by atoms with van der Waals surface area (Å²) in [6.07, 6.45) is 1.60. The van der Waals surface area contributed by atoms with E-state index in [1.807, 2.05) is 0 Å². The molecule has 1 fully saturated rings. The Morgan fingerprint density at radius 2 is 2.19 bits per heavy atom. The van der Waals surface area contributed by atoms with E-state index in [9.17, 15) is 10.1 Å². The molecule has 1 aliphatic rings. The number of benzene rings is 1. The summed E-state index contributed by atoms with van der Waals surface area (Å²) in [7, 11) is 0. The first-order valence-corrected chi connectivity index (χ1v) is 9.48. The highest BCUT2D eigenvalue weighted by Crippen LogP contribution is 2.37. The Labute approximate surface area is 164 Å². The van der Waals surface area contributed by atoms with Crippen LogP contribution in [0.1, 0.15) is 45.1 Å². The van der Waals surface area contributed by atoms with Gasteiger partial charge in [0, 0.05) is 6.61 Å². The van der Waals surface area contributed by atoms with Gasteiger partial charge in [0.05, 0.1) is 35.2 Å². The van der Waals surface area contributed by atoms with Gasteiger partial charge < -0.3 is 14.2 Å². The Kier molecular flexibility index (Phi) is 7.72. The number of nitrogens with zero attached hydrogens (tertiary/aromatic N) is 1. The van der Waals surface area contributed by atoms with Crippen LogP contribution < -0.4 is 0 Å². The highest BCUT2D eigenvalue weighted by atomic mass is 35.5. The number of esters is 1. The lowest BCUT2D eigenvalue weighted by atomic mass is 9.74. The van der Waals surface area contributed by atoms with Crippen LogP contribution in [0, 0.1) is 11.3 Å². The number of hydrogen-bond donors (Lipinski definition) is 0. The zero-order valence-corrected chi connectivity index (χ0v) is 16.5. The number of ether oxygens (including phenoxy) is 3. The van der Waals surface area contributed by atoms with Crippen LogP contribution in [-0.4, -0.2) is 31.6 Å². The van der Waals surface area contributed by atoms with Gasteiger partial charge in [-0.2, -0.15) is 5.26 Å². The third-order valence-corrected chi connectivity index (χ3v) is 5.29. The van der Waals surface area contributed by atoms with Gasteiger partial charge >= 0.3 is 5.97 Å². The van der Waals surface area contributed by atoms with Crippen LogP contribution in [0.15, 0.2) is 18.2 Å². The molecule has 0 radical (unpaired) electrons. The molecule has 1 saturated heterocycles. The van der Waals surface area contributed by atoms with Gasteiger partial charge in [-0.3, -0.25) is 4.79 Å². The average Bonchev–Trinajstić information content (AvgIpc) is 2.63. The Balaban J connectivity index is 2.36. The molecular weight excluding hydrogens is 377 g/mol. The van der Waals surface area contributed by atoms with Gasteiger partial charge in [-0.25, -0.2) is 0 Å². The molecule has 1 aliphatic heterocycles. The van der Waals surface area contributed by atoms with Crippen molar-refractivity contribution in [1.82, 2.24) is 0 Å². The summed E-state index contributed by atoms with van der Waals surface area (Å²) < 4.78 is 16.7. The fraction of sp³-hybridized carbons (Fsp3) is 0.579. The molecule has 0 saturated carbocycles. The fourth-order valence-electron chi connectivity index (χ4n) is 3.05. The molecule has 0 aliphatic carbocycles. The molecule has 5 nitrogen and oxygen atoms in total. The molecule has 26 heavy (non-hydrogen) atoms. The number of carbonyl (C=O) groups excluding carboxylic acids is 1. The maximum Gasteiger partial charge on any atom is 0.307 e. The maximum atomic E-state index is 12.2. The minimum Gasteiger partial charge on any atom is -0.466 e. The lowest BCUT2D eigenvalue weighted by molar-refractivity contribution is -0.196. The zero-order valence-electron chi connectivity index (χ0n) is 15.0. The Bertz CT molecular complexity index is 670. The maximum absolute atomic E-state index is 12.2. The predicted octanol–water partition coefficient (Wildman–Crippen LogP) is 4.64. The summed E-state index contributed by atoms with van der Waals surface area (Å²) in [6.45, 7) is 4.36. The fourth-order valence-corrected chi connectivity index (χ4v) is 3.35. The highest BCUT2D eigenvalue weighted by molar-refractivity contribution is 6.42. The molecule has 1 aromatic carbocycles. The van der Waals surface area contributed by atoms with Crippen molar-refractivity contribution in [3.05, 3.63) is 33.8 Å². The first kappa shape index (κ1) is 21.0. The summed E-state index contributed by atoms with van der Waals surface area (Å²) in [5.74, 6) is -0.472. The van der Waals surface area contributed by atoms with E-state index in [0.29, 0.717) is 22.2 Å². The Morgan fingerprint density at radius 3 is 2.77 bits per heavy atom. The second-order valence-electron chi connectivity index (χ2n) is 6.27. The van der Waals surface area contributed by atoms with Gasteiger partial charge in [0.1, 0.15) is 5.41 Å². The molecule has 142 valence electrons. The van der Waals surface area contributed by atoms with Crippen molar-refractivity contribution in [3.8, 4) is 6.07 Å². The molecule has 0 bridgehead atoms. The number of nitriles is 1. The van der Waals surface area contributed by atoms with Crippen LogP contribution in [0.25, 0.3) is 0 Å². The quantitative estimate of drug-likeness (QED) is 0.624. The van der Waals surface area contributed by atoms with Crippen LogP contribution in [0.3, 0.4) is 0 Å². The van der Waals surface area contributed by atoms with E-state index in [2.05, 4.69) is 6.07 Å². The van der Waals surface area contributed by atoms with Crippen molar-refractivity contribution >= 4 is 29.2 Å². The van der Waals surface area contributed by atoms with Crippen molar-refractivity contribution in [2.75, 3.05) is 13.2 Å². The second kappa shape index (κ2) is 9.57. The lowest BCUT2D eigenvalue weighted by Crippen LogP contribution is -2.43. The van der Waals surface area contributed by atoms with Gasteiger partial charge in [-0.15, -0.1) is 0 Å². The van der Waals surface area contributed by atoms with Gasteiger partial charge in [0.25, 0.3) is 0 Å². The first-order valence-electron chi connectivity index (χ1n) is 8.72. The van der Waals surface area contributed by atoms with Crippen molar-refractivity contribution in [3.63, 3.8) is 0 Å². The smallest absolute Gasteiger partial charge is 0.307 e. The highest BCUT2D eigenvalue weighted by Gasteiger charge is 2.43. The van der Waals surface area contributed by atoms with Gasteiger partial charge in [0.15, 0.2) is 6.29 Å². The largest absolute Gasteiger partial charge is 0.466 e. The van der Waals surface area contributed by atoms with E-state index in [0.717, 1.165) is 19.3 Å². The summed E-state index contributed by atoms with van der Waals surface area (Å²) in [6, 6.07) is 7.18. The number of halogens is 2. The van der Waals surface area contributed by atoms with Gasteiger partial charge in [-0.1, -0.05) is 29.3 Å². The minimum absolute atomic E-state index is 0.150. The van der Waals surface area contributed by atoms with Crippen molar-refractivity contribution in [1.29, 1.82) is 5.26 Å². The van der Waals surface area contributed by atoms with Crippen molar-refractivity contribution in [2.24, 2.45) is 0 Å². The lowest BCUT2D eigenvalue weighted by Gasteiger charge is -2.36. The standard InChI is InChI=1S/C19H23Cl2NO4/c1-3-24-17(23)11-19(12-22,14-7-8-15(20)16(21)10-14)13(2)26-18-6-4-5-9-25-18/h7-8,10,13,18H,3-6,9,11H2,1-2H3. The van der Waals surface area contributed by atoms with Crippen LogP contribution in [-0.2, 0) is 24.4 Å². The van der Waals surface area contributed by atoms with Crippen molar-refractivity contribution in [2.45, 2.75) is 57.3 Å². The summed E-state index contributed by atoms with van der Waals surface area (Å²) in [5.41, 5.74) is -0.702.